The fraction of sp³-hybridized carbons (Fsp3) is 0.774. The molecule has 8 unspecified atom stereocenters. The van der Waals surface area contributed by atoms with Gasteiger partial charge in [-0.2, -0.15) is 0 Å². The summed E-state index contributed by atoms with van der Waals surface area (Å²) in [6.45, 7) is 15.6. The van der Waals surface area contributed by atoms with Gasteiger partial charge in [0.2, 0.25) is 11.8 Å². The molecule has 1 aromatic carbocycles. The Kier molecular flexibility index (Phi) is 9.48. The van der Waals surface area contributed by atoms with Crippen molar-refractivity contribution in [3.8, 4) is 0 Å². The van der Waals surface area contributed by atoms with Gasteiger partial charge in [0, 0.05) is 25.8 Å². The number of nitrogens with zero attached hydrogens (tertiary/aromatic N) is 1. The van der Waals surface area contributed by atoms with E-state index in [1.807, 2.05) is 36.5 Å². The number of hydrogen-bond acceptors (Lipinski definition) is 3. The largest absolute Gasteiger partial charge is 0.393 e. The maximum atomic E-state index is 10.6. The molecule has 4 heteroatoms. The van der Waals surface area contributed by atoms with E-state index in [0.29, 0.717) is 29.6 Å². The van der Waals surface area contributed by atoms with Crippen molar-refractivity contribution >= 4 is 6.21 Å². The second-order valence-electron chi connectivity index (χ2n) is 12.9. The minimum absolute atomic E-state index is 0.0243. The minimum atomic E-state index is -0.284. The van der Waals surface area contributed by atoms with Crippen molar-refractivity contribution in [2.24, 2.45) is 29.6 Å². The van der Waals surface area contributed by atoms with Crippen molar-refractivity contribution < 1.29 is 19.8 Å². The van der Waals surface area contributed by atoms with Crippen LogP contribution in [-0.4, -0.2) is 44.6 Å². The fourth-order valence-corrected chi connectivity index (χ4v) is 6.52. The van der Waals surface area contributed by atoms with Gasteiger partial charge in [-0.3, -0.25) is 5.21 Å². The zero-order valence-electron chi connectivity index (χ0n) is 23.4. The second kappa shape index (κ2) is 11.8. The smallest absolute Gasteiger partial charge is 0.223 e. The first kappa shape index (κ1) is 28.2. The SMILES string of the molecule is CC(CCCC1(C)CCC2C(C)C(O)C(C)C(C)C2O1)CCCC(C)(C)[N+](O)=Cc1ccccc1. The van der Waals surface area contributed by atoms with Crippen LogP contribution < -0.4 is 0 Å². The molecule has 0 radical (unpaired) electrons. The molecular weight excluding hydrogens is 434 g/mol. The fourth-order valence-electron chi connectivity index (χ4n) is 6.52. The van der Waals surface area contributed by atoms with Crippen LogP contribution in [0, 0.1) is 29.6 Å². The molecule has 2 aliphatic rings. The number of ether oxygens (including phenoxy) is 1. The lowest BCUT2D eigenvalue weighted by molar-refractivity contribution is -0.819. The van der Waals surface area contributed by atoms with Crippen LogP contribution in [0.4, 0.5) is 0 Å². The summed E-state index contributed by atoms with van der Waals surface area (Å²) in [7, 11) is 0. The molecule has 0 amide bonds. The van der Waals surface area contributed by atoms with Gasteiger partial charge in [-0.15, -0.1) is 0 Å². The molecule has 0 aromatic heterocycles. The summed E-state index contributed by atoms with van der Waals surface area (Å²) in [6, 6.07) is 10.0. The van der Waals surface area contributed by atoms with Crippen LogP contribution in [0.5, 0.6) is 0 Å². The highest BCUT2D eigenvalue weighted by molar-refractivity contribution is 5.75. The van der Waals surface area contributed by atoms with Gasteiger partial charge in [0.05, 0.1) is 17.8 Å². The number of benzene rings is 1. The van der Waals surface area contributed by atoms with Crippen molar-refractivity contribution in [3.63, 3.8) is 0 Å². The van der Waals surface area contributed by atoms with Crippen molar-refractivity contribution in [3.05, 3.63) is 35.9 Å². The molecule has 198 valence electrons. The zero-order valence-corrected chi connectivity index (χ0v) is 23.4. The molecule has 35 heavy (non-hydrogen) atoms. The van der Waals surface area contributed by atoms with E-state index in [1.54, 1.807) is 0 Å². The Hall–Kier alpha value is -1.39. The van der Waals surface area contributed by atoms with Crippen molar-refractivity contribution in [1.29, 1.82) is 0 Å². The van der Waals surface area contributed by atoms with Crippen LogP contribution in [-0.2, 0) is 4.74 Å². The van der Waals surface area contributed by atoms with Gasteiger partial charge in [0.15, 0.2) is 0 Å². The standard InChI is InChI=1S/C31H52NO3/c1-22(13-11-18-30(5,6)32(34)21-26-15-9-8-10-16-26)14-12-19-31(7)20-17-27-25(4)28(33)23(2)24(3)29(27)35-31/h8-10,15-16,21-25,27-29,33-34H,11-14,17-20H2,1-7H3/q+1. The highest BCUT2D eigenvalue weighted by Gasteiger charge is 2.50. The zero-order chi connectivity index (χ0) is 25.8. The third-order valence-corrected chi connectivity index (χ3v) is 9.53. The molecule has 1 aromatic rings. The van der Waals surface area contributed by atoms with Crippen molar-refractivity contribution in [2.75, 3.05) is 0 Å². The van der Waals surface area contributed by atoms with Crippen molar-refractivity contribution in [1.82, 2.24) is 0 Å². The normalized spacial score (nSPS) is 34.9. The predicted octanol–water partition coefficient (Wildman–Crippen LogP) is 7.10. The lowest BCUT2D eigenvalue weighted by atomic mass is 9.63. The second-order valence-corrected chi connectivity index (χ2v) is 12.9. The molecule has 1 aliphatic carbocycles. The monoisotopic (exact) mass is 486 g/mol. The van der Waals surface area contributed by atoms with Gasteiger partial charge in [-0.25, -0.2) is 0 Å². The molecule has 0 bridgehead atoms. The van der Waals surface area contributed by atoms with Gasteiger partial charge >= 0.3 is 0 Å². The van der Waals surface area contributed by atoms with E-state index in [1.165, 1.54) is 30.4 Å². The Morgan fingerprint density at radius 3 is 2.43 bits per heavy atom. The summed E-state index contributed by atoms with van der Waals surface area (Å²) in [5.74, 6) is 2.23. The molecule has 2 N–H and O–H groups in total. The minimum Gasteiger partial charge on any atom is -0.393 e. The summed E-state index contributed by atoms with van der Waals surface area (Å²) in [5.41, 5.74) is 0.710. The van der Waals surface area contributed by atoms with E-state index in [4.69, 9.17) is 4.74 Å². The van der Waals surface area contributed by atoms with E-state index in [0.717, 1.165) is 31.2 Å². The van der Waals surface area contributed by atoms with E-state index < -0.39 is 0 Å². The molecule has 8 atom stereocenters. The highest BCUT2D eigenvalue weighted by Crippen LogP contribution is 2.48. The Labute approximate surface area is 214 Å². The van der Waals surface area contributed by atoms with E-state index in [2.05, 4.69) is 48.5 Å². The lowest BCUT2D eigenvalue weighted by Gasteiger charge is -2.53. The van der Waals surface area contributed by atoms with Gasteiger partial charge in [0.1, 0.15) is 0 Å². The number of hydroxylamine groups is 1. The maximum Gasteiger partial charge on any atom is 0.223 e. The summed E-state index contributed by atoms with van der Waals surface area (Å²) < 4.78 is 8.20. The van der Waals surface area contributed by atoms with Crippen molar-refractivity contribution in [2.45, 2.75) is 123 Å². The topological polar surface area (TPSA) is 52.7 Å². The highest BCUT2D eigenvalue weighted by atomic mass is 16.5. The van der Waals surface area contributed by atoms with Gasteiger partial charge < -0.3 is 9.84 Å². The van der Waals surface area contributed by atoms with E-state index in [9.17, 15) is 10.3 Å². The lowest BCUT2D eigenvalue weighted by Crippen LogP contribution is -2.56. The number of fused-ring (bicyclic) bond motifs is 1. The molecule has 0 spiro atoms. The number of aliphatic hydroxyl groups is 1. The molecule has 1 saturated carbocycles. The van der Waals surface area contributed by atoms with Gasteiger partial charge in [-0.05, 0) is 79.1 Å². The predicted molar refractivity (Wildman–Crippen MR) is 144 cm³/mol. The summed E-state index contributed by atoms with van der Waals surface area (Å²) in [5, 5.41) is 21.2. The molecule has 1 heterocycles. The van der Waals surface area contributed by atoms with Crippen LogP contribution in [0.2, 0.25) is 0 Å². The number of rotatable bonds is 10. The Balaban J connectivity index is 1.41. The third kappa shape index (κ3) is 7.10. The van der Waals surface area contributed by atoms with Crippen LogP contribution in [0.1, 0.15) is 105 Å². The van der Waals surface area contributed by atoms with Crippen LogP contribution in [0.3, 0.4) is 0 Å². The Morgan fingerprint density at radius 2 is 1.74 bits per heavy atom. The number of hydrogen-bond donors (Lipinski definition) is 2. The first-order valence-electron chi connectivity index (χ1n) is 14.2. The first-order valence-corrected chi connectivity index (χ1v) is 14.2. The molecule has 3 rings (SSSR count). The molecular formula is C31H52NO3+. The Bertz CT molecular complexity index is 822. The maximum absolute atomic E-state index is 10.6. The summed E-state index contributed by atoms with van der Waals surface area (Å²) >= 11 is 0. The van der Waals surface area contributed by atoms with Gasteiger partial charge in [-0.1, -0.05) is 65.2 Å². The summed E-state index contributed by atoms with van der Waals surface area (Å²) in [4.78, 5) is 0. The van der Waals surface area contributed by atoms with E-state index >= 15 is 0 Å². The Morgan fingerprint density at radius 1 is 1.09 bits per heavy atom. The van der Waals surface area contributed by atoms with E-state index in [-0.39, 0.29) is 23.3 Å². The molecule has 1 aliphatic heterocycles. The number of aliphatic hydroxyl groups excluding tert-OH is 1. The van der Waals surface area contributed by atoms with Crippen LogP contribution >= 0.6 is 0 Å². The quantitative estimate of drug-likeness (QED) is 0.160. The van der Waals surface area contributed by atoms with Crippen LogP contribution in [0.25, 0.3) is 0 Å². The summed E-state index contributed by atoms with van der Waals surface area (Å²) in [6.07, 6.45) is 11.0. The first-order chi connectivity index (χ1) is 16.4. The molecule has 1 saturated heterocycles. The molecule has 2 fully saturated rings. The molecule has 4 nitrogen and oxygen atoms in total. The average Bonchev–Trinajstić information content (AvgIpc) is 2.81. The van der Waals surface area contributed by atoms with Gasteiger partial charge in [0.25, 0.3) is 0 Å². The average molecular weight is 487 g/mol. The third-order valence-electron chi connectivity index (χ3n) is 9.53. The van der Waals surface area contributed by atoms with Crippen LogP contribution in [0.15, 0.2) is 30.3 Å².